The Labute approximate surface area is 116 Å². The summed E-state index contributed by atoms with van der Waals surface area (Å²) in [5.41, 5.74) is 0.784. The molecule has 1 aliphatic rings. The molecule has 2 aromatic rings. The van der Waals surface area contributed by atoms with Crippen LogP contribution in [0.15, 0.2) is 41.5 Å². The van der Waals surface area contributed by atoms with E-state index in [2.05, 4.69) is 10.3 Å². The Kier molecular flexibility index (Phi) is 3.60. The normalized spacial score (nSPS) is 16.2. The van der Waals surface area contributed by atoms with Gasteiger partial charge in [-0.15, -0.1) is 0 Å². The molecular formula is C15H16FN3O. The van der Waals surface area contributed by atoms with Gasteiger partial charge in [0, 0.05) is 12.4 Å². The van der Waals surface area contributed by atoms with Crippen molar-refractivity contribution in [1.29, 1.82) is 0 Å². The second kappa shape index (κ2) is 5.54. The van der Waals surface area contributed by atoms with Crippen LogP contribution in [0.2, 0.25) is 0 Å². The van der Waals surface area contributed by atoms with Crippen LogP contribution in [0, 0.1) is 5.82 Å². The number of rotatable bonds is 2. The lowest BCUT2D eigenvalue weighted by Crippen LogP contribution is -2.26. The second-order valence-corrected chi connectivity index (χ2v) is 5.01. The average Bonchev–Trinajstić information content (AvgIpc) is 2.49. The van der Waals surface area contributed by atoms with E-state index >= 15 is 0 Å². The van der Waals surface area contributed by atoms with Crippen molar-refractivity contribution in [2.24, 2.45) is 0 Å². The van der Waals surface area contributed by atoms with Crippen LogP contribution in [0.4, 0.5) is 4.39 Å². The van der Waals surface area contributed by atoms with Gasteiger partial charge in [-0.25, -0.2) is 14.2 Å². The molecule has 1 aromatic heterocycles. The first-order valence-corrected chi connectivity index (χ1v) is 6.80. The largest absolute Gasteiger partial charge is 0.352 e. The van der Waals surface area contributed by atoms with Crippen molar-refractivity contribution in [3.63, 3.8) is 0 Å². The van der Waals surface area contributed by atoms with Gasteiger partial charge in [0.25, 0.3) is 0 Å². The molecule has 1 N–H and O–H groups in total. The van der Waals surface area contributed by atoms with Crippen molar-refractivity contribution in [1.82, 2.24) is 14.9 Å². The highest BCUT2D eigenvalue weighted by Gasteiger charge is 2.17. The third-order valence-corrected chi connectivity index (χ3v) is 3.75. The molecule has 20 heavy (non-hydrogen) atoms. The van der Waals surface area contributed by atoms with Crippen LogP contribution in [0.25, 0.3) is 5.69 Å². The third-order valence-electron chi connectivity index (χ3n) is 3.75. The first kappa shape index (κ1) is 13.0. The molecule has 0 spiro atoms. The molecule has 3 rings (SSSR count). The zero-order valence-electron chi connectivity index (χ0n) is 11.1. The quantitative estimate of drug-likeness (QED) is 0.908. The van der Waals surface area contributed by atoms with E-state index in [0.29, 0.717) is 5.92 Å². The Balaban J connectivity index is 1.95. The van der Waals surface area contributed by atoms with E-state index in [0.717, 1.165) is 31.5 Å². The van der Waals surface area contributed by atoms with Crippen LogP contribution < -0.4 is 11.0 Å². The number of halogens is 1. The average molecular weight is 273 g/mol. The van der Waals surface area contributed by atoms with Crippen molar-refractivity contribution >= 4 is 0 Å². The second-order valence-electron chi connectivity index (χ2n) is 5.01. The zero-order valence-corrected chi connectivity index (χ0v) is 11.1. The molecule has 0 saturated carbocycles. The van der Waals surface area contributed by atoms with Crippen LogP contribution in [0.5, 0.6) is 0 Å². The first-order valence-electron chi connectivity index (χ1n) is 6.80. The summed E-state index contributed by atoms with van der Waals surface area (Å²) in [6, 6.07) is 6.73. The number of nitrogens with zero attached hydrogens (tertiary/aromatic N) is 2. The zero-order chi connectivity index (χ0) is 13.9. The highest BCUT2D eigenvalue weighted by atomic mass is 19.1. The number of piperidine rings is 1. The molecule has 2 heterocycles. The van der Waals surface area contributed by atoms with Gasteiger partial charge in [-0.3, -0.25) is 4.57 Å². The van der Waals surface area contributed by atoms with E-state index < -0.39 is 5.69 Å². The molecule has 4 nitrogen and oxygen atoms in total. The topological polar surface area (TPSA) is 46.9 Å². The van der Waals surface area contributed by atoms with E-state index in [1.165, 1.54) is 17.0 Å². The molecule has 0 unspecified atom stereocenters. The lowest BCUT2D eigenvalue weighted by molar-refractivity contribution is 0.458. The number of benzene rings is 1. The molecule has 0 atom stereocenters. The van der Waals surface area contributed by atoms with Gasteiger partial charge in [0.1, 0.15) is 5.82 Å². The Morgan fingerprint density at radius 3 is 2.80 bits per heavy atom. The molecule has 0 bridgehead atoms. The predicted molar refractivity (Wildman–Crippen MR) is 74.6 cm³/mol. The maximum atomic E-state index is 14.3. The van der Waals surface area contributed by atoms with E-state index in [-0.39, 0.29) is 11.5 Å². The van der Waals surface area contributed by atoms with Crippen molar-refractivity contribution in [2.75, 3.05) is 13.1 Å². The van der Waals surface area contributed by atoms with E-state index in [9.17, 15) is 9.18 Å². The molecule has 0 amide bonds. The smallest absolute Gasteiger partial charge is 0.317 e. The summed E-state index contributed by atoms with van der Waals surface area (Å²) >= 11 is 0. The van der Waals surface area contributed by atoms with Crippen molar-refractivity contribution in [3.8, 4) is 5.69 Å². The van der Waals surface area contributed by atoms with E-state index in [4.69, 9.17) is 0 Å². The minimum atomic E-state index is -0.471. The van der Waals surface area contributed by atoms with Gasteiger partial charge in [-0.2, -0.15) is 0 Å². The monoisotopic (exact) mass is 273 g/mol. The van der Waals surface area contributed by atoms with Gasteiger partial charge in [-0.05, 0) is 55.6 Å². The SMILES string of the molecule is O=c1ncccn1-c1ccc(C2CCNCC2)cc1F. The summed E-state index contributed by atoms with van der Waals surface area (Å²) in [5, 5.41) is 3.30. The van der Waals surface area contributed by atoms with Crippen molar-refractivity contribution in [3.05, 3.63) is 58.5 Å². The van der Waals surface area contributed by atoms with Crippen LogP contribution in [-0.2, 0) is 0 Å². The fraction of sp³-hybridized carbons (Fsp3) is 0.333. The molecular weight excluding hydrogens is 257 g/mol. The number of aromatic nitrogens is 2. The summed E-state index contributed by atoms with van der Waals surface area (Å²) in [6.45, 7) is 1.94. The van der Waals surface area contributed by atoms with Gasteiger partial charge in [0.15, 0.2) is 0 Å². The Bertz CT molecular complexity index is 662. The molecule has 0 radical (unpaired) electrons. The maximum Gasteiger partial charge on any atom is 0.352 e. The Hall–Kier alpha value is -2.01. The van der Waals surface area contributed by atoms with Gasteiger partial charge in [0.05, 0.1) is 5.69 Å². The van der Waals surface area contributed by atoms with Gasteiger partial charge in [-0.1, -0.05) is 6.07 Å². The molecule has 1 aliphatic heterocycles. The number of nitrogens with one attached hydrogen (secondary N) is 1. The third kappa shape index (κ3) is 2.49. The summed E-state index contributed by atoms with van der Waals surface area (Å²) in [7, 11) is 0. The van der Waals surface area contributed by atoms with E-state index in [1.807, 2.05) is 6.07 Å². The van der Waals surface area contributed by atoms with Crippen molar-refractivity contribution < 1.29 is 4.39 Å². The number of hydrogen-bond acceptors (Lipinski definition) is 3. The van der Waals surface area contributed by atoms with Crippen molar-refractivity contribution in [2.45, 2.75) is 18.8 Å². The lowest BCUT2D eigenvalue weighted by Gasteiger charge is -2.23. The minimum absolute atomic E-state index is 0.251. The van der Waals surface area contributed by atoms with Gasteiger partial charge < -0.3 is 5.32 Å². The predicted octanol–water partition coefficient (Wildman–Crippen LogP) is 1.84. The maximum absolute atomic E-state index is 14.3. The molecule has 5 heteroatoms. The lowest BCUT2D eigenvalue weighted by atomic mass is 9.90. The molecule has 1 fully saturated rings. The summed E-state index contributed by atoms with van der Waals surface area (Å²) in [5.74, 6) is 0.0153. The number of hydrogen-bond donors (Lipinski definition) is 1. The molecule has 1 saturated heterocycles. The molecule has 0 aliphatic carbocycles. The fourth-order valence-corrected chi connectivity index (χ4v) is 2.67. The standard InChI is InChI=1S/C15H16FN3O/c16-13-10-12(11-4-7-17-8-5-11)2-3-14(13)19-9-1-6-18-15(19)20/h1-3,6,9-11,17H,4-5,7-8H2. The van der Waals surface area contributed by atoms with E-state index in [1.54, 1.807) is 18.2 Å². The van der Waals surface area contributed by atoms with Gasteiger partial charge >= 0.3 is 5.69 Å². The van der Waals surface area contributed by atoms with Crippen LogP contribution in [0.1, 0.15) is 24.3 Å². The fourth-order valence-electron chi connectivity index (χ4n) is 2.67. The van der Waals surface area contributed by atoms with Crippen LogP contribution in [-0.4, -0.2) is 22.6 Å². The Morgan fingerprint density at radius 1 is 1.30 bits per heavy atom. The molecule has 104 valence electrons. The molecule has 1 aromatic carbocycles. The highest BCUT2D eigenvalue weighted by Crippen LogP contribution is 2.27. The highest BCUT2D eigenvalue weighted by molar-refractivity contribution is 5.37. The summed E-state index contributed by atoms with van der Waals surface area (Å²) < 4.78 is 15.5. The summed E-state index contributed by atoms with van der Waals surface area (Å²) in [6.07, 6.45) is 4.97. The minimum Gasteiger partial charge on any atom is -0.317 e. The van der Waals surface area contributed by atoms with Crippen LogP contribution in [0.3, 0.4) is 0 Å². The first-order chi connectivity index (χ1) is 9.75. The van der Waals surface area contributed by atoms with Gasteiger partial charge in [0.2, 0.25) is 0 Å². The van der Waals surface area contributed by atoms with Crippen LogP contribution >= 0.6 is 0 Å². The Morgan fingerprint density at radius 2 is 2.10 bits per heavy atom. The summed E-state index contributed by atoms with van der Waals surface area (Å²) in [4.78, 5) is 15.3.